The SMILES string of the molecule is CC1CCN(c2cc(N3CCC(C)CC3)c([N+](=O)[O-])cc2C=C(C#N)c2nn(CCO)c(N)c2C#N)CC1. The van der Waals surface area contributed by atoms with Crippen LogP contribution < -0.4 is 15.5 Å². The van der Waals surface area contributed by atoms with E-state index in [0.29, 0.717) is 23.1 Å². The third-order valence-corrected chi connectivity index (χ3v) is 7.66. The Hall–Kier alpha value is -4.09. The Kier molecular flexibility index (Phi) is 8.18. The fourth-order valence-electron chi connectivity index (χ4n) is 5.22. The number of hydrogen-bond donors (Lipinski definition) is 2. The molecule has 2 aromatic rings. The number of aliphatic hydroxyl groups is 1. The van der Waals surface area contributed by atoms with Crippen LogP contribution in [0, 0.1) is 44.6 Å². The molecule has 3 heterocycles. The van der Waals surface area contributed by atoms with Crippen LogP contribution in [0.4, 0.5) is 22.9 Å². The molecule has 0 amide bonds. The molecule has 0 spiro atoms. The smallest absolute Gasteiger partial charge is 0.293 e. The van der Waals surface area contributed by atoms with E-state index in [9.17, 15) is 25.7 Å². The zero-order valence-corrected chi connectivity index (χ0v) is 21.9. The van der Waals surface area contributed by atoms with Gasteiger partial charge in [-0.15, -0.1) is 0 Å². The van der Waals surface area contributed by atoms with Gasteiger partial charge in [0.15, 0.2) is 0 Å². The first-order valence-electron chi connectivity index (χ1n) is 13.1. The highest BCUT2D eigenvalue weighted by molar-refractivity contribution is 5.95. The minimum absolute atomic E-state index is 0.0111. The van der Waals surface area contributed by atoms with Crippen molar-refractivity contribution in [2.75, 3.05) is 48.3 Å². The molecule has 4 rings (SSSR count). The van der Waals surface area contributed by atoms with Gasteiger partial charge < -0.3 is 20.6 Å². The Morgan fingerprint density at radius 2 is 1.71 bits per heavy atom. The zero-order valence-electron chi connectivity index (χ0n) is 21.9. The van der Waals surface area contributed by atoms with Crippen molar-refractivity contribution in [3.63, 3.8) is 0 Å². The summed E-state index contributed by atoms with van der Waals surface area (Å²) in [6.45, 7) is 7.38. The van der Waals surface area contributed by atoms with Crippen LogP contribution in [0.3, 0.4) is 0 Å². The lowest BCUT2D eigenvalue weighted by molar-refractivity contribution is -0.384. The Morgan fingerprint density at radius 1 is 1.13 bits per heavy atom. The monoisotopic (exact) mass is 518 g/mol. The average Bonchev–Trinajstić information content (AvgIpc) is 3.22. The molecular formula is C27H34N8O3. The topological polar surface area (TPSA) is 161 Å². The lowest BCUT2D eigenvalue weighted by atomic mass is 9.95. The molecule has 2 fully saturated rings. The van der Waals surface area contributed by atoms with Gasteiger partial charge in [0.1, 0.15) is 34.9 Å². The van der Waals surface area contributed by atoms with E-state index in [1.54, 1.807) is 6.08 Å². The fraction of sp³-hybridized carbons (Fsp3) is 0.519. The second kappa shape index (κ2) is 11.5. The Labute approximate surface area is 222 Å². The summed E-state index contributed by atoms with van der Waals surface area (Å²) in [7, 11) is 0. The van der Waals surface area contributed by atoms with E-state index in [1.807, 2.05) is 12.1 Å². The highest BCUT2D eigenvalue weighted by Crippen LogP contribution is 2.40. The van der Waals surface area contributed by atoms with Crippen molar-refractivity contribution >= 4 is 34.5 Å². The number of nitro groups is 1. The standard InChI is InChI=1S/C27H34N8O3/c1-18-3-7-32(8-4-18)23-15-24(33-9-5-19(2)6-10-33)25(35(37)38)14-20(23)13-21(16-28)26-22(17-29)27(30)34(31-26)11-12-36/h13-15,18-19,36H,3-12,30H2,1-2H3. The second-order valence-corrected chi connectivity index (χ2v) is 10.3. The van der Waals surface area contributed by atoms with Gasteiger partial charge in [-0.05, 0) is 49.7 Å². The van der Waals surface area contributed by atoms with Crippen molar-refractivity contribution in [2.45, 2.75) is 46.1 Å². The quantitative estimate of drug-likeness (QED) is 0.316. The van der Waals surface area contributed by atoms with Crippen LogP contribution >= 0.6 is 0 Å². The summed E-state index contributed by atoms with van der Waals surface area (Å²) < 4.78 is 1.29. The molecule has 0 radical (unpaired) electrons. The molecule has 1 aromatic heterocycles. The van der Waals surface area contributed by atoms with Crippen LogP contribution in [-0.4, -0.2) is 52.6 Å². The number of nitro benzene ring substituents is 1. The largest absolute Gasteiger partial charge is 0.394 e. The van der Waals surface area contributed by atoms with E-state index in [2.05, 4.69) is 34.8 Å². The number of nitrogens with two attached hydrogens (primary N) is 1. The number of piperidine rings is 2. The summed E-state index contributed by atoms with van der Waals surface area (Å²) in [6, 6.07) is 7.55. The molecule has 11 heteroatoms. The van der Waals surface area contributed by atoms with Crippen LogP contribution in [0.2, 0.25) is 0 Å². The van der Waals surface area contributed by atoms with Crippen molar-refractivity contribution in [3.8, 4) is 12.1 Å². The summed E-state index contributed by atoms with van der Waals surface area (Å²) in [5.74, 6) is 1.24. The van der Waals surface area contributed by atoms with Crippen LogP contribution in [0.25, 0.3) is 11.6 Å². The predicted molar refractivity (Wildman–Crippen MR) is 146 cm³/mol. The highest BCUT2D eigenvalue weighted by atomic mass is 16.6. The molecule has 2 aliphatic heterocycles. The highest BCUT2D eigenvalue weighted by Gasteiger charge is 2.28. The molecule has 2 saturated heterocycles. The molecule has 0 bridgehead atoms. The maximum Gasteiger partial charge on any atom is 0.293 e. The van der Waals surface area contributed by atoms with Crippen LogP contribution in [0.15, 0.2) is 12.1 Å². The number of anilines is 3. The van der Waals surface area contributed by atoms with E-state index < -0.39 is 0 Å². The zero-order chi connectivity index (χ0) is 27.4. The third-order valence-electron chi connectivity index (χ3n) is 7.66. The maximum atomic E-state index is 12.2. The van der Waals surface area contributed by atoms with Gasteiger partial charge in [0.25, 0.3) is 5.69 Å². The van der Waals surface area contributed by atoms with Crippen molar-refractivity contribution in [1.82, 2.24) is 9.78 Å². The lowest BCUT2D eigenvalue weighted by Crippen LogP contribution is -2.35. The third kappa shape index (κ3) is 5.43. The molecule has 1 aromatic carbocycles. The second-order valence-electron chi connectivity index (χ2n) is 10.3. The van der Waals surface area contributed by atoms with Crippen molar-refractivity contribution in [2.24, 2.45) is 11.8 Å². The van der Waals surface area contributed by atoms with E-state index in [1.165, 1.54) is 10.7 Å². The molecule has 0 atom stereocenters. The molecule has 38 heavy (non-hydrogen) atoms. The van der Waals surface area contributed by atoms with Crippen molar-refractivity contribution in [1.29, 1.82) is 10.5 Å². The van der Waals surface area contributed by atoms with E-state index in [4.69, 9.17) is 5.73 Å². The molecule has 11 nitrogen and oxygen atoms in total. The molecular weight excluding hydrogens is 484 g/mol. The predicted octanol–water partition coefficient (Wildman–Crippen LogP) is 3.77. The molecule has 0 aliphatic carbocycles. The molecule has 0 saturated carbocycles. The number of aliphatic hydroxyl groups excluding tert-OH is 1. The number of hydrogen-bond acceptors (Lipinski definition) is 9. The number of nitrogens with zero attached hydrogens (tertiary/aromatic N) is 7. The average molecular weight is 519 g/mol. The summed E-state index contributed by atoms with van der Waals surface area (Å²) in [5, 5.41) is 45.6. The van der Waals surface area contributed by atoms with Gasteiger partial charge in [0, 0.05) is 43.5 Å². The van der Waals surface area contributed by atoms with E-state index in [0.717, 1.165) is 57.5 Å². The lowest BCUT2D eigenvalue weighted by Gasteiger charge is -2.35. The fourth-order valence-corrected chi connectivity index (χ4v) is 5.22. The van der Waals surface area contributed by atoms with Gasteiger partial charge in [0.05, 0.1) is 23.6 Å². The summed E-state index contributed by atoms with van der Waals surface area (Å²) >= 11 is 0. The van der Waals surface area contributed by atoms with Crippen molar-refractivity contribution in [3.05, 3.63) is 39.1 Å². The first kappa shape index (κ1) is 27.0. The molecule has 2 aliphatic rings. The van der Waals surface area contributed by atoms with Crippen LogP contribution in [0.1, 0.15) is 56.4 Å². The number of nitriles is 2. The van der Waals surface area contributed by atoms with E-state index in [-0.39, 0.29) is 46.4 Å². The summed E-state index contributed by atoms with van der Waals surface area (Å²) in [6.07, 6.45) is 5.52. The summed E-state index contributed by atoms with van der Waals surface area (Å²) in [5.41, 5.74) is 8.19. The molecule has 0 unspecified atom stereocenters. The number of nitrogen functional groups attached to an aromatic ring is 1. The minimum atomic E-state index is -0.368. The number of benzene rings is 1. The van der Waals surface area contributed by atoms with Crippen LogP contribution in [0.5, 0.6) is 0 Å². The summed E-state index contributed by atoms with van der Waals surface area (Å²) in [4.78, 5) is 16.2. The van der Waals surface area contributed by atoms with Gasteiger partial charge in [-0.3, -0.25) is 10.1 Å². The van der Waals surface area contributed by atoms with Crippen LogP contribution in [-0.2, 0) is 6.54 Å². The van der Waals surface area contributed by atoms with Gasteiger partial charge in [0.2, 0.25) is 0 Å². The number of aromatic nitrogens is 2. The molecule has 3 N–H and O–H groups in total. The normalized spacial score (nSPS) is 17.3. The number of allylic oxidation sites excluding steroid dienone is 1. The first-order valence-corrected chi connectivity index (χ1v) is 13.1. The maximum absolute atomic E-state index is 12.2. The van der Waals surface area contributed by atoms with Gasteiger partial charge in [-0.1, -0.05) is 13.8 Å². The minimum Gasteiger partial charge on any atom is -0.394 e. The van der Waals surface area contributed by atoms with Crippen molar-refractivity contribution < 1.29 is 10.0 Å². The Balaban J connectivity index is 1.88. The Bertz CT molecular complexity index is 1300. The molecule has 200 valence electrons. The number of rotatable bonds is 7. The van der Waals surface area contributed by atoms with Gasteiger partial charge in [-0.25, -0.2) is 4.68 Å². The van der Waals surface area contributed by atoms with Gasteiger partial charge in [-0.2, -0.15) is 15.6 Å². The van der Waals surface area contributed by atoms with E-state index >= 15 is 0 Å². The Morgan fingerprint density at radius 3 is 2.21 bits per heavy atom. The van der Waals surface area contributed by atoms with Gasteiger partial charge >= 0.3 is 0 Å². The first-order chi connectivity index (χ1) is 18.3.